The van der Waals surface area contributed by atoms with Crippen LogP contribution in [0.4, 0.5) is 0 Å². The maximum atomic E-state index is 11.7. The van der Waals surface area contributed by atoms with Crippen molar-refractivity contribution in [3.05, 3.63) is 27.9 Å². The van der Waals surface area contributed by atoms with Gasteiger partial charge >= 0.3 is 5.97 Å². The molecule has 6 heteroatoms. The molecule has 2 aliphatic heterocycles. The number of aromatic amines is 1. The van der Waals surface area contributed by atoms with Gasteiger partial charge in [0.2, 0.25) is 0 Å². The SMILES string of the molecule is CN1C2CCC1CC(c1ncc(C(=O)O)c(=O)[nH]1)C2. The molecule has 0 radical (unpaired) electrons. The van der Waals surface area contributed by atoms with Gasteiger partial charge in [-0.1, -0.05) is 0 Å². The van der Waals surface area contributed by atoms with Gasteiger partial charge in [0, 0.05) is 24.2 Å². The largest absolute Gasteiger partial charge is 0.477 e. The third-order valence-electron chi connectivity index (χ3n) is 4.53. The monoisotopic (exact) mass is 263 g/mol. The van der Waals surface area contributed by atoms with Crippen LogP contribution in [0.5, 0.6) is 0 Å². The van der Waals surface area contributed by atoms with Gasteiger partial charge in [-0.25, -0.2) is 9.78 Å². The minimum Gasteiger partial charge on any atom is -0.477 e. The molecule has 0 amide bonds. The van der Waals surface area contributed by atoms with Crippen LogP contribution >= 0.6 is 0 Å². The summed E-state index contributed by atoms with van der Waals surface area (Å²) in [6, 6.07) is 1.13. The fourth-order valence-corrected chi connectivity index (χ4v) is 3.40. The van der Waals surface area contributed by atoms with Gasteiger partial charge in [-0.05, 0) is 32.7 Å². The molecule has 0 aromatic carbocycles. The maximum absolute atomic E-state index is 11.7. The van der Waals surface area contributed by atoms with Crippen LogP contribution < -0.4 is 5.56 Å². The average molecular weight is 263 g/mol. The van der Waals surface area contributed by atoms with Gasteiger partial charge in [-0.3, -0.25) is 4.79 Å². The number of hydrogen-bond acceptors (Lipinski definition) is 4. The molecule has 19 heavy (non-hydrogen) atoms. The molecule has 0 saturated carbocycles. The van der Waals surface area contributed by atoms with Crippen molar-refractivity contribution in [1.82, 2.24) is 14.9 Å². The summed E-state index contributed by atoms with van der Waals surface area (Å²) < 4.78 is 0. The molecule has 0 spiro atoms. The Labute approximate surface area is 110 Å². The first-order valence-corrected chi connectivity index (χ1v) is 6.60. The van der Waals surface area contributed by atoms with Crippen molar-refractivity contribution in [2.24, 2.45) is 0 Å². The van der Waals surface area contributed by atoms with Crippen molar-refractivity contribution in [3.63, 3.8) is 0 Å². The molecule has 2 bridgehead atoms. The Balaban J connectivity index is 1.86. The molecule has 1 aromatic rings. The standard InChI is InChI=1S/C13H17N3O3/c1-16-8-2-3-9(16)5-7(4-8)11-14-6-10(13(18)19)12(17)15-11/h6-9H,2-5H2,1H3,(H,18,19)(H,14,15,17). The summed E-state index contributed by atoms with van der Waals surface area (Å²) in [4.78, 5) is 31.7. The van der Waals surface area contributed by atoms with Gasteiger partial charge < -0.3 is 15.0 Å². The summed E-state index contributed by atoms with van der Waals surface area (Å²) in [5.74, 6) is -0.354. The summed E-state index contributed by atoms with van der Waals surface area (Å²) in [5, 5.41) is 8.83. The lowest BCUT2D eigenvalue weighted by Gasteiger charge is -2.35. The van der Waals surface area contributed by atoms with E-state index >= 15 is 0 Å². The van der Waals surface area contributed by atoms with Gasteiger partial charge in [0.25, 0.3) is 5.56 Å². The van der Waals surface area contributed by atoms with Gasteiger partial charge in [-0.2, -0.15) is 0 Å². The number of nitrogens with zero attached hydrogens (tertiary/aromatic N) is 2. The van der Waals surface area contributed by atoms with Crippen LogP contribution in [0, 0.1) is 0 Å². The van der Waals surface area contributed by atoms with Crippen molar-refractivity contribution < 1.29 is 9.90 Å². The average Bonchev–Trinajstić information content (AvgIpc) is 2.61. The van der Waals surface area contributed by atoms with E-state index in [4.69, 9.17) is 5.11 Å². The van der Waals surface area contributed by atoms with Crippen molar-refractivity contribution >= 4 is 5.97 Å². The number of aromatic nitrogens is 2. The zero-order valence-corrected chi connectivity index (χ0v) is 10.8. The summed E-state index contributed by atoms with van der Waals surface area (Å²) in [7, 11) is 2.16. The van der Waals surface area contributed by atoms with Crippen molar-refractivity contribution in [1.29, 1.82) is 0 Å². The van der Waals surface area contributed by atoms with E-state index in [0.29, 0.717) is 17.9 Å². The smallest absolute Gasteiger partial charge is 0.342 e. The highest BCUT2D eigenvalue weighted by Gasteiger charge is 2.39. The lowest BCUT2D eigenvalue weighted by Crippen LogP contribution is -2.39. The normalized spacial score (nSPS) is 30.5. The molecule has 1 aromatic heterocycles. The Morgan fingerprint density at radius 2 is 2.05 bits per heavy atom. The minimum absolute atomic E-state index is 0.240. The van der Waals surface area contributed by atoms with E-state index in [1.165, 1.54) is 19.0 Å². The number of hydrogen-bond donors (Lipinski definition) is 2. The van der Waals surface area contributed by atoms with E-state index in [0.717, 1.165) is 12.8 Å². The first-order valence-electron chi connectivity index (χ1n) is 6.60. The summed E-state index contributed by atoms with van der Waals surface area (Å²) in [6.07, 6.45) is 5.56. The molecule has 6 nitrogen and oxygen atoms in total. The predicted octanol–water partition coefficient (Wildman–Crippen LogP) is 0.808. The molecule has 2 aliphatic rings. The number of nitrogens with one attached hydrogen (secondary N) is 1. The molecule has 2 fully saturated rings. The first-order chi connectivity index (χ1) is 9.06. The Morgan fingerprint density at radius 1 is 1.42 bits per heavy atom. The summed E-state index contributed by atoms with van der Waals surface area (Å²) in [6.45, 7) is 0. The molecular formula is C13H17N3O3. The molecule has 3 rings (SSSR count). The van der Waals surface area contributed by atoms with Gasteiger partial charge in [0.05, 0.1) is 0 Å². The summed E-state index contributed by atoms with van der Waals surface area (Å²) >= 11 is 0. The molecular weight excluding hydrogens is 246 g/mol. The van der Waals surface area contributed by atoms with E-state index in [9.17, 15) is 9.59 Å². The molecule has 102 valence electrons. The lowest BCUT2D eigenvalue weighted by molar-refractivity contribution is 0.0694. The van der Waals surface area contributed by atoms with Crippen LogP contribution in [0.25, 0.3) is 0 Å². The number of H-pyrrole nitrogens is 1. The van der Waals surface area contributed by atoms with Gasteiger partial charge in [0.15, 0.2) is 0 Å². The third-order valence-corrected chi connectivity index (χ3v) is 4.53. The summed E-state index contributed by atoms with van der Waals surface area (Å²) in [5.41, 5.74) is -0.844. The number of fused-ring (bicyclic) bond motifs is 2. The van der Waals surface area contributed by atoms with Crippen LogP contribution in [0.2, 0.25) is 0 Å². The topological polar surface area (TPSA) is 86.3 Å². The van der Waals surface area contributed by atoms with E-state index in [2.05, 4.69) is 21.9 Å². The van der Waals surface area contributed by atoms with Crippen LogP contribution in [0.1, 0.15) is 47.8 Å². The van der Waals surface area contributed by atoms with Crippen LogP contribution in [0.15, 0.2) is 11.0 Å². The van der Waals surface area contributed by atoms with Gasteiger partial charge in [-0.15, -0.1) is 0 Å². The highest BCUT2D eigenvalue weighted by atomic mass is 16.4. The fraction of sp³-hybridized carbons (Fsp3) is 0.615. The Bertz CT molecular complexity index is 554. The maximum Gasteiger partial charge on any atom is 0.342 e. The predicted molar refractivity (Wildman–Crippen MR) is 68.4 cm³/mol. The Morgan fingerprint density at radius 3 is 2.58 bits per heavy atom. The van der Waals surface area contributed by atoms with Crippen LogP contribution in [0.3, 0.4) is 0 Å². The number of carbonyl (C=O) groups is 1. The number of carboxylic acids is 1. The zero-order chi connectivity index (χ0) is 13.6. The molecule has 2 unspecified atom stereocenters. The molecule has 2 saturated heterocycles. The second-order valence-electron chi connectivity index (χ2n) is 5.54. The second kappa shape index (κ2) is 4.45. The molecule has 2 atom stereocenters. The quantitative estimate of drug-likeness (QED) is 0.824. The van der Waals surface area contributed by atoms with E-state index in [-0.39, 0.29) is 11.5 Å². The Kier molecular flexibility index (Phi) is 2.89. The first kappa shape index (κ1) is 12.3. The zero-order valence-electron chi connectivity index (χ0n) is 10.8. The Hall–Kier alpha value is -1.69. The van der Waals surface area contributed by atoms with E-state index < -0.39 is 11.5 Å². The lowest BCUT2D eigenvalue weighted by atomic mass is 9.90. The van der Waals surface area contributed by atoms with Crippen molar-refractivity contribution in [2.45, 2.75) is 43.7 Å². The number of piperidine rings is 1. The highest BCUT2D eigenvalue weighted by Crippen LogP contribution is 2.40. The number of rotatable bonds is 2. The number of carboxylic acid groups (broad SMARTS) is 1. The molecule has 0 aliphatic carbocycles. The molecule has 3 heterocycles. The molecule has 2 N–H and O–H groups in total. The number of aromatic carboxylic acids is 1. The van der Waals surface area contributed by atoms with Crippen LogP contribution in [-0.4, -0.2) is 45.1 Å². The van der Waals surface area contributed by atoms with Gasteiger partial charge in [0.1, 0.15) is 11.4 Å². The minimum atomic E-state index is -1.23. The highest BCUT2D eigenvalue weighted by molar-refractivity contribution is 5.86. The second-order valence-corrected chi connectivity index (χ2v) is 5.54. The fourth-order valence-electron chi connectivity index (χ4n) is 3.40. The van der Waals surface area contributed by atoms with E-state index in [1.54, 1.807) is 0 Å². The van der Waals surface area contributed by atoms with E-state index in [1.807, 2.05) is 0 Å². The van der Waals surface area contributed by atoms with Crippen molar-refractivity contribution in [3.8, 4) is 0 Å². The third kappa shape index (κ3) is 2.06. The van der Waals surface area contributed by atoms with Crippen molar-refractivity contribution in [2.75, 3.05) is 7.05 Å². The van der Waals surface area contributed by atoms with Crippen LogP contribution in [-0.2, 0) is 0 Å².